The first kappa shape index (κ1) is 11.9. The van der Waals surface area contributed by atoms with Crippen LogP contribution in [0.2, 0.25) is 5.02 Å². The van der Waals surface area contributed by atoms with Crippen molar-refractivity contribution in [2.75, 3.05) is 5.73 Å². The van der Waals surface area contributed by atoms with Crippen LogP contribution in [0.15, 0.2) is 42.7 Å². The Morgan fingerprint density at radius 2 is 1.88 bits per heavy atom. The van der Waals surface area contributed by atoms with Gasteiger partial charge in [0.1, 0.15) is 0 Å². The van der Waals surface area contributed by atoms with Crippen LogP contribution in [0.3, 0.4) is 0 Å². The molecule has 0 saturated carbocycles. The molecule has 1 unspecified atom stereocenters. The van der Waals surface area contributed by atoms with Gasteiger partial charge in [-0.2, -0.15) is 0 Å². The van der Waals surface area contributed by atoms with E-state index in [1.807, 2.05) is 24.3 Å². The van der Waals surface area contributed by atoms with Crippen LogP contribution in [0.1, 0.15) is 17.2 Å². The van der Waals surface area contributed by atoms with Gasteiger partial charge in [-0.1, -0.05) is 23.7 Å². The lowest BCUT2D eigenvalue weighted by atomic mass is 10.00. The number of benzene rings is 1. The molecule has 1 aromatic carbocycles. The van der Waals surface area contributed by atoms with Gasteiger partial charge >= 0.3 is 0 Å². The minimum Gasteiger partial charge on any atom is -0.398 e. The van der Waals surface area contributed by atoms with Gasteiger partial charge in [-0.25, -0.2) is 0 Å². The van der Waals surface area contributed by atoms with E-state index in [9.17, 15) is 0 Å². The van der Waals surface area contributed by atoms with E-state index in [-0.39, 0.29) is 6.04 Å². The van der Waals surface area contributed by atoms with Crippen LogP contribution in [0, 0.1) is 0 Å². The Bertz CT molecular complexity index is 496. The van der Waals surface area contributed by atoms with E-state index >= 15 is 0 Å². The third-order valence-corrected chi connectivity index (χ3v) is 2.93. The van der Waals surface area contributed by atoms with Crippen LogP contribution < -0.4 is 11.5 Å². The predicted octanol–water partition coefficient (Wildman–Crippen LogP) is 2.56. The number of aromatic nitrogens is 1. The van der Waals surface area contributed by atoms with E-state index in [4.69, 9.17) is 23.1 Å². The van der Waals surface area contributed by atoms with Gasteiger partial charge < -0.3 is 11.5 Å². The van der Waals surface area contributed by atoms with Crippen LogP contribution in [0.4, 0.5) is 5.69 Å². The Morgan fingerprint density at radius 1 is 1.18 bits per heavy atom. The molecule has 0 aliphatic carbocycles. The number of anilines is 1. The lowest BCUT2D eigenvalue weighted by molar-refractivity contribution is 0.721. The molecule has 1 atom stereocenters. The maximum Gasteiger partial charge on any atom is 0.0406 e. The van der Waals surface area contributed by atoms with Crippen molar-refractivity contribution >= 4 is 17.3 Å². The Morgan fingerprint density at radius 3 is 2.53 bits per heavy atom. The molecule has 1 heterocycles. The first-order valence-corrected chi connectivity index (χ1v) is 5.74. The van der Waals surface area contributed by atoms with Crippen molar-refractivity contribution in [3.05, 3.63) is 58.9 Å². The summed E-state index contributed by atoms with van der Waals surface area (Å²) in [6, 6.07) is 9.22. The van der Waals surface area contributed by atoms with Gasteiger partial charge in [0.2, 0.25) is 0 Å². The van der Waals surface area contributed by atoms with Crippen molar-refractivity contribution in [2.45, 2.75) is 12.5 Å². The number of nitrogens with zero attached hydrogens (tertiary/aromatic N) is 1. The van der Waals surface area contributed by atoms with E-state index in [2.05, 4.69) is 4.98 Å². The lowest BCUT2D eigenvalue weighted by Gasteiger charge is -2.13. The number of hydrogen-bond donors (Lipinski definition) is 2. The molecule has 0 amide bonds. The summed E-state index contributed by atoms with van der Waals surface area (Å²) >= 11 is 5.83. The fourth-order valence-electron chi connectivity index (χ4n) is 1.67. The molecule has 88 valence electrons. The van der Waals surface area contributed by atoms with Crippen LogP contribution in [-0.2, 0) is 6.42 Å². The van der Waals surface area contributed by atoms with Crippen LogP contribution in [-0.4, -0.2) is 4.98 Å². The van der Waals surface area contributed by atoms with Crippen LogP contribution >= 0.6 is 11.6 Å². The Hall–Kier alpha value is -1.58. The molecule has 0 aliphatic rings. The lowest BCUT2D eigenvalue weighted by Crippen LogP contribution is -2.14. The highest BCUT2D eigenvalue weighted by Crippen LogP contribution is 2.20. The van der Waals surface area contributed by atoms with Gasteiger partial charge in [-0.3, -0.25) is 4.98 Å². The smallest absolute Gasteiger partial charge is 0.0406 e. The molecule has 0 radical (unpaired) electrons. The summed E-state index contributed by atoms with van der Waals surface area (Å²) in [6.45, 7) is 0. The molecular formula is C13H14ClN3. The summed E-state index contributed by atoms with van der Waals surface area (Å²) in [7, 11) is 0. The zero-order valence-electron chi connectivity index (χ0n) is 9.31. The van der Waals surface area contributed by atoms with Gasteiger partial charge in [-0.05, 0) is 35.7 Å². The van der Waals surface area contributed by atoms with Crippen LogP contribution in [0.5, 0.6) is 0 Å². The average molecular weight is 248 g/mol. The summed E-state index contributed by atoms with van der Waals surface area (Å²) in [4.78, 5) is 4.05. The summed E-state index contributed by atoms with van der Waals surface area (Å²) in [5, 5.41) is 0.710. The van der Waals surface area contributed by atoms with E-state index < -0.39 is 0 Å². The quantitative estimate of drug-likeness (QED) is 0.876. The number of halogens is 1. The topological polar surface area (TPSA) is 64.9 Å². The van der Waals surface area contributed by atoms with E-state index in [0.717, 1.165) is 16.8 Å². The molecule has 4 N–H and O–H groups in total. The van der Waals surface area contributed by atoms with Crippen molar-refractivity contribution in [3.8, 4) is 0 Å². The standard InChI is InChI=1S/C13H14ClN3/c14-11-3-1-9(2-4-11)13(16)7-10-8-17-6-5-12(10)15/h1-6,8,13H,7,16H2,(H2,15,17). The molecule has 0 fully saturated rings. The molecule has 0 spiro atoms. The second-order valence-corrected chi connectivity index (χ2v) is 4.37. The van der Waals surface area contributed by atoms with Gasteiger partial charge in [0.05, 0.1) is 0 Å². The third-order valence-electron chi connectivity index (χ3n) is 2.68. The Labute approximate surface area is 105 Å². The summed E-state index contributed by atoms with van der Waals surface area (Å²) < 4.78 is 0. The third kappa shape index (κ3) is 2.96. The summed E-state index contributed by atoms with van der Waals surface area (Å²) in [6.07, 6.45) is 4.10. The van der Waals surface area contributed by atoms with E-state index in [1.54, 1.807) is 18.5 Å². The fraction of sp³-hybridized carbons (Fsp3) is 0.154. The average Bonchev–Trinajstić information content (AvgIpc) is 2.33. The molecule has 2 aromatic rings. The SMILES string of the molecule is Nc1ccncc1CC(N)c1ccc(Cl)cc1. The maximum atomic E-state index is 6.12. The molecular weight excluding hydrogens is 234 g/mol. The number of nitrogen functional groups attached to an aromatic ring is 1. The van der Waals surface area contributed by atoms with Gasteiger partial charge in [-0.15, -0.1) is 0 Å². The van der Waals surface area contributed by atoms with Crippen molar-refractivity contribution in [1.29, 1.82) is 0 Å². The van der Waals surface area contributed by atoms with Crippen LogP contribution in [0.25, 0.3) is 0 Å². The molecule has 4 heteroatoms. The van der Waals surface area contributed by atoms with Gasteiger partial charge in [0, 0.05) is 29.1 Å². The Kier molecular flexibility index (Phi) is 3.61. The molecule has 1 aromatic heterocycles. The summed E-state index contributed by atoms with van der Waals surface area (Å²) in [5.41, 5.74) is 14.7. The number of rotatable bonds is 3. The largest absolute Gasteiger partial charge is 0.398 e. The fourth-order valence-corrected chi connectivity index (χ4v) is 1.80. The van der Waals surface area contributed by atoms with Crippen molar-refractivity contribution in [1.82, 2.24) is 4.98 Å². The number of pyridine rings is 1. The van der Waals surface area contributed by atoms with Crippen molar-refractivity contribution in [3.63, 3.8) is 0 Å². The Balaban J connectivity index is 2.14. The molecule has 0 bridgehead atoms. The molecule has 2 rings (SSSR count). The minimum absolute atomic E-state index is 0.0984. The zero-order valence-corrected chi connectivity index (χ0v) is 10.1. The molecule has 17 heavy (non-hydrogen) atoms. The predicted molar refractivity (Wildman–Crippen MR) is 70.7 cm³/mol. The second-order valence-electron chi connectivity index (χ2n) is 3.94. The highest BCUT2D eigenvalue weighted by Gasteiger charge is 2.09. The molecule has 0 aliphatic heterocycles. The first-order chi connectivity index (χ1) is 8.16. The van der Waals surface area contributed by atoms with Crippen molar-refractivity contribution in [2.24, 2.45) is 5.73 Å². The number of hydrogen-bond acceptors (Lipinski definition) is 3. The van der Waals surface area contributed by atoms with Gasteiger partial charge in [0.25, 0.3) is 0 Å². The zero-order chi connectivity index (χ0) is 12.3. The first-order valence-electron chi connectivity index (χ1n) is 5.36. The highest BCUT2D eigenvalue weighted by molar-refractivity contribution is 6.30. The van der Waals surface area contributed by atoms with Gasteiger partial charge in [0.15, 0.2) is 0 Å². The van der Waals surface area contributed by atoms with E-state index in [1.165, 1.54) is 0 Å². The second kappa shape index (κ2) is 5.17. The molecule has 3 nitrogen and oxygen atoms in total. The normalized spacial score (nSPS) is 12.4. The highest BCUT2D eigenvalue weighted by atomic mass is 35.5. The number of nitrogens with two attached hydrogens (primary N) is 2. The minimum atomic E-state index is -0.0984. The maximum absolute atomic E-state index is 6.12. The summed E-state index contributed by atoms with van der Waals surface area (Å²) in [5.74, 6) is 0. The van der Waals surface area contributed by atoms with E-state index in [0.29, 0.717) is 11.4 Å². The van der Waals surface area contributed by atoms with Crippen molar-refractivity contribution < 1.29 is 0 Å². The monoisotopic (exact) mass is 247 g/mol. The molecule has 0 saturated heterocycles.